The number of nitrogens with one attached hydrogen (secondary N) is 1. The van der Waals surface area contributed by atoms with Crippen LogP contribution < -0.4 is 10.7 Å². The van der Waals surface area contributed by atoms with E-state index >= 15 is 0 Å². The van der Waals surface area contributed by atoms with Gasteiger partial charge < -0.3 is 9.73 Å². The molecule has 2 aromatic carbocycles. The summed E-state index contributed by atoms with van der Waals surface area (Å²) in [5.74, 6) is 0.875. The summed E-state index contributed by atoms with van der Waals surface area (Å²) in [7, 11) is 0. The fourth-order valence-electron chi connectivity index (χ4n) is 4.56. The molecule has 3 heteroatoms. The molecule has 0 bridgehead atoms. The molecule has 1 N–H and O–H groups in total. The van der Waals surface area contributed by atoms with Crippen LogP contribution in [0.1, 0.15) is 51.3 Å². The summed E-state index contributed by atoms with van der Waals surface area (Å²) in [6, 6.07) is 17.5. The molecule has 0 radical (unpaired) electrons. The molecule has 0 fully saturated rings. The molecule has 0 spiro atoms. The predicted molar refractivity (Wildman–Crippen MR) is 137 cm³/mol. The lowest BCUT2D eigenvalue weighted by atomic mass is 9.79. The summed E-state index contributed by atoms with van der Waals surface area (Å²) in [4.78, 5) is 4.68. The standard InChI is InChI=1S/C29H34N2O/c1-8-30-24-16-26-21(14-18(24)3)28(20-12-10-11-13-23(20)29(5,6)7)22-15-19(4)25(31-9-2)17-27(22)32-26/h10-17,30H,8-9H2,1-7H3. The van der Waals surface area contributed by atoms with Gasteiger partial charge in [-0.25, -0.2) is 0 Å². The Kier molecular flexibility index (Phi) is 5.85. The van der Waals surface area contributed by atoms with Crippen LogP contribution in [0, 0.1) is 13.8 Å². The molecule has 4 rings (SSSR count). The van der Waals surface area contributed by atoms with Gasteiger partial charge in [-0.1, -0.05) is 45.0 Å². The van der Waals surface area contributed by atoms with Gasteiger partial charge in [-0.05, 0) is 67.5 Å². The highest BCUT2D eigenvalue weighted by Gasteiger charge is 2.24. The van der Waals surface area contributed by atoms with Gasteiger partial charge in [-0.15, -0.1) is 0 Å². The van der Waals surface area contributed by atoms with Crippen LogP contribution in [0.2, 0.25) is 0 Å². The number of anilines is 1. The van der Waals surface area contributed by atoms with Crippen LogP contribution in [-0.2, 0) is 5.41 Å². The third-order valence-electron chi connectivity index (χ3n) is 6.08. The first-order valence-corrected chi connectivity index (χ1v) is 11.6. The first-order valence-electron chi connectivity index (χ1n) is 11.6. The van der Waals surface area contributed by atoms with Gasteiger partial charge in [0.25, 0.3) is 0 Å². The first-order chi connectivity index (χ1) is 15.2. The third kappa shape index (κ3) is 3.92. The molecular weight excluding hydrogens is 392 g/mol. The molecular formula is C29H34N2O. The van der Waals surface area contributed by atoms with Crippen molar-refractivity contribution in [2.45, 2.75) is 53.9 Å². The number of aryl methyl sites for hydroxylation is 2. The Morgan fingerprint density at radius 3 is 2.34 bits per heavy atom. The number of hydrogen-bond donors (Lipinski definition) is 1. The van der Waals surface area contributed by atoms with Crippen LogP contribution in [0.25, 0.3) is 33.4 Å². The lowest BCUT2D eigenvalue weighted by Crippen LogP contribution is -2.13. The van der Waals surface area contributed by atoms with E-state index in [0.29, 0.717) is 0 Å². The van der Waals surface area contributed by atoms with Crippen molar-refractivity contribution < 1.29 is 4.42 Å². The molecule has 2 aromatic rings. The summed E-state index contributed by atoms with van der Waals surface area (Å²) < 4.78 is 6.52. The van der Waals surface area contributed by atoms with E-state index in [1.165, 1.54) is 27.8 Å². The van der Waals surface area contributed by atoms with Crippen molar-refractivity contribution >= 4 is 16.7 Å². The van der Waals surface area contributed by atoms with Gasteiger partial charge in [0.2, 0.25) is 0 Å². The molecule has 1 aliphatic heterocycles. The molecule has 3 nitrogen and oxygen atoms in total. The zero-order valence-electron chi connectivity index (χ0n) is 20.4. The Hall–Kier alpha value is -3.07. The van der Waals surface area contributed by atoms with Crippen molar-refractivity contribution in [3.63, 3.8) is 0 Å². The summed E-state index contributed by atoms with van der Waals surface area (Å²) in [6.07, 6.45) is 0. The number of fused-ring (bicyclic) bond motifs is 2. The zero-order chi connectivity index (χ0) is 23.0. The van der Waals surface area contributed by atoms with Gasteiger partial charge in [-0.3, -0.25) is 4.99 Å². The average molecular weight is 427 g/mol. The minimum absolute atomic E-state index is 0.0213. The molecule has 166 valence electrons. The van der Waals surface area contributed by atoms with E-state index in [9.17, 15) is 0 Å². The second-order valence-corrected chi connectivity index (χ2v) is 9.58. The molecule has 0 aromatic heterocycles. The Balaban J connectivity index is 2.20. The van der Waals surface area contributed by atoms with Crippen molar-refractivity contribution in [3.05, 3.63) is 70.6 Å². The maximum absolute atomic E-state index is 6.52. The van der Waals surface area contributed by atoms with Crippen LogP contribution in [0.15, 0.2) is 57.9 Å². The minimum atomic E-state index is 0.0213. The fraction of sp³-hybridized carbons (Fsp3) is 0.345. The van der Waals surface area contributed by atoms with Gasteiger partial charge in [0, 0.05) is 47.4 Å². The number of rotatable bonds is 4. The molecule has 0 amide bonds. The largest absolute Gasteiger partial charge is 0.456 e. The van der Waals surface area contributed by atoms with E-state index in [1.807, 2.05) is 0 Å². The Morgan fingerprint density at radius 1 is 0.906 bits per heavy atom. The van der Waals surface area contributed by atoms with E-state index in [0.717, 1.165) is 46.4 Å². The second-order valence-electron chi connectivity index (χ2n) is 9.58. The second kappa shape index (κ2) is 8.46. The van der Waals surface area contributed by atoms with Crippen LogP contribution in [0.3, 0.4) is 0 Å². The molecule has 1 aliphatic carbocycles. The van der Waals surface area contributed by atoms with Crippen LogP contribution >= 0.6 is 0 Å². The van der Waals surface area contributed by atoms with Crippen LogP contribution in [0.4, 0.5) is 5.69 Å². The molecule has 0 saturated heterocycles. The van der Waals surface area contributed by atoms with Crippen molar-refractivity contribution in [2.24, 2.45) is 4.99 Å². The minimum Gasteiger partial charge on any atom is -0.456 e. The number of benzene rings is 3. The molecule has 0 saturated carbocycles. The zero-order valence-corrected chi connectivity index (χ0v) is 20.4. The van der Waals surface area contributed by atoms with E-state index in [1.54, 1.807) is 0 Å². The molecule has 0 unspecified atom stereocenters. The van der Waals surface area contributed by atoms with Crippen molar-refractivity contribution in [1.82, 2.24) is 0 Å². The average Bonchev–Trinajstić information content (AvgIpc) is 2.74. The summed E-state index contributed by atoms with van der Waals surface area (Å²) in [6.45, 7) is 16.9. The maximum Gasteiger partial charge on any atom is 0.137 e. The predicted octanol–water partition coefficient (Wildman–Crippen LogP) is 7.47. The smallest absolute Gasteiger partial charge is 0.137 e. The molecule has 1 heterocycles. The van der Waals surface area contributed by atoms with E-state index in [2.05, 4.69) is 107 Å². The highest BCUT2D eigenvalue weighted by Crippen LogP contribution is 2.44. The molecule has 2 aliphatic rings. The van der Waals surface area contributed by atoms with Crippen molar-refractivity contribution in [3.8, 4) is 22.5 Å². The van der Waals surface area contributed by atoms with Gasteiger partial charge in [0.05, 0.1) is 5.36 Å². The van der Waals surface area contributed by atoms with Gasteiger partial charge in [0.1, 0.15) is 11.3 Å². The van der Waals surface area contributed by atoms with Crippen LogP contribution in [0.5, 0.6) is 0 Å². The van der Waals surface area contributed by atoms with Crippen LogP contribution in [-0.4, -0.2) is 13.1 Å². The normalized spacial score (nSPS) is 12.7. The summed E-state index contributed by atoms with van der Waals surface area (Å²) >= 11 is 0. The SMILES string of the molecule is CCN=c1cc2oc3cc(NCC)c(C)cc3c(-c3ccccc3C(C)(C)C)c-2cc1C. The van der Waals surface area contributed by atoms with Gasteiger partial charge >= 0.3 is 0 Å². The number of hydrogen-bond acceptors (Lipinski definition) is 3. The van der Waals surface area contributed by atoms with E-state index in [-0.39, 0.29) is 5.41 Å². The Labute approximate surface area is 191 Å². The monoisotopic (exact) mass is 426 g/mol. The summed E-state index contributed by atoms with van der Waals surface area (Å²) in [5.41, 5.74) is 9.40. The summed E-state index contributed by atoms with van der Waals surface area (Å²) in [5, 5.41) is 5.62. The highest BCUT2D eigenvalue weighted by atomic mass is 16.3. The van der Waals surface area contributed by atoms with Gasteiger partial charge in [-0.2, -0.15) is 0 Å². The topological polar surface area (TPSA) is 37.5 Å². The Morgan fingerprint density at radius 2 is 1.66 bits per heavy atom. The third-order valence-corrected chi connectivity index (χ3v) is 6.08. The Bertz CT molecular complexity index is 1320. The van der Waals surface area contributed by atoms with Crippen molar-refractivity contribution in [2.75, 3.05) is 18.4 Å². The highest BCUT2D eigenvalue weighted by molar-refractivity contribution is 6.04. The lowest BCUT2D eigenvalue weighted by molar-refractivity contribution is 0.591. The lowest BCUT2D eigenvalue weighted by Gasteiger charge is -2.26. The van der Waals surface area contributed by atoms with Crippen molar-refractivity contribution in [1.29, 1.82) is 0 Å². The quantitative estimate of drug-likeness (QED) is 0.344. The van der Waals surface area contributed by atoms with E-state index < -0.39 is 0 Å². The van der Waals surface area contributed by atoms with E-state index in [4.69, 9.17) is 4.42 Å². The molecule has 32 heavy (non-hydrogen) atoms. The molecule has 0 atom stereocenters. The fourth-order valence-corrected chi connectivity index (χ4v) is 4.56. The number of nitrogens with zero attached hydrogens (tertiary/aromatic N) is 1. The maximum atomic E-state index is 6.52. The van der Waals surface area contributed by atoms with Gasteiger partial charge in [0.15, 0.2) is 0 Å². The first kappa shape index (κ1) is 22.1.